The summed E-state index contributed by atoms with van der Waals surface area (Å²) in [4.78, 5) is 29.5. The van der Waals surface area contributed by atoms with Crippen molar-refractivity contribution in [3.63, 3.8) is 0 Å². The molecule has 2 aromatic carbocycles. The number of halogens is 5. The second-order valence-electron chi connectivity index (χ2n) is 8.53. The summed E-state index contributed by atoms with van der Waals surface area (Å²) in [7, 11) is 0. The van der Waals surface area contributed by atoms with Gasteiger partial charge in [0.05, 0.1) is 17.3 Å². The number of cyclic esters (lactones) is 1. The first-order valence-electron chi connectivity index (χ1n) is 11.5. The average Bonchev–Trinajstić information content (AvgIpc) is 3.28. The SMILES string of the molecule is O=C(NC1CCOC1=O)N[C@@](Cc1ccccc1)(c1cccc(OC(F)(F)C(F)F)c1)c1ccc(Cl)cn1. The molecular formula is C26H22ClF4N3O4. The molecular weight excluding hydrogens is 530 g/mol. The molecule has 2 atom stereocenters. The number of alkyl halides is 4. The van der Waals surface area contributed by atoms with E-state index in [0.717, 1.165) is 12.1 Å². The van der Waals surface area contributed by atoms with Gasteiger partial charge in [0, 0.05) is 19.0 Å². The zero-order chi connectivity index (χ0) is 27.3. The van der Waals surface area contributed by atoms with Crippen molar-refractivity contribution in [2.75, 3.05) is 6.61 Å². The summed E-state index contributed by atoms with van der Waals surface area (Å²) in [5.74, 6) is -1.15. The maximum atomic E-state index is 13.7. The maximum Gasteiger partial charge on any atom is 0.461 e. The Morgan fingerprint density at radius 2 is 1.89 bits per heavy atom. The van der Waals surface area contributed by atoms with Crippen LogP contribution in [0.15, 0.2) is 72.9 Å². The third-order valence-electron chi connectivity index (χ3n) is 5.88. The fourth-order valence-corrected chi connectivity index (χ4v) is 4.20. The Hall–Kier alpha value is -3.86. The molecule has 0 aliphatic carbocycles. The number of rotatable bonds is 9. The smallest absolute Gasteiger partial charge is 0.461 e. The van der Waals surface area contributed by atoms with Gasteiger partial charge in [-0.15, -0.1) is 0 Å². The van der Waals surface area contributed by atoms with Gasteiger partial charge in [-0.3, -0.25) is 4.98 Å². The summed E-state index contributed by atoms with van der Waals surface area (Å²) < 4.78 is 62.3. The number of hydrogen-bond acceptors (Lipinski definition) is 5. The highest BCUT2D eigenvalue weighted by Crippen LogP contribution is 2.36. The normalized spacial score (nSPS) is 17.0. The highest BCUT2D eigenvalue weighted by atomic mass is 35.5. The molecule has 0 radical (unpaired) electrons. The third kappa shape index (κ3) is 6.16. The van der Waals surface area contributed by atoms with Crippen LogP contribution in [0, 0.1) is 0 Å². The number of pyridine rings is 1. The second kappa shape index (κ2) is 11.3. The van der Waals surface area contributed by atoms with Crippen LogP contribution in [-0.4, -0.2) is 42.2 Å². The van der Waals surface area contributed by atoms with Gasteiger partial charge in [0.1, 0.15) is 17.3 Å². The fourth-order valence-electron chi connectivity index (χ4n) is 4.09. The van der Waals surface area contributed by atoms with Crippen LogP contribution < -0.4 is 15.4 Å². The van der Waals surface area contributed by atoms with E-state index in [0.29, 0.717) is 10.6 Å². The van der Waals surface area contributed by atoms with Crippen LogP contribution in [0.4, 0.5) is 22.4 Å². The Bertz CT molecular complexity index is 1280. The molecule has 1 aliphatic rings. The second-order valence-corrected chi connectivity index (χ2v) is 8.97. The summed E-state index contributed by atoms with van der Waals surface area (Å²) in [6, 6.07) is 15.4. The molecule has 1 saturated heterocycles. The molecule has 12 heteroatoms. The van der Waals surface area contributed by atoms with E-state index in [-0.39, 0.29) is 30.7 Å². The zero-order valence-electron chi connectivity index (χ0n) is 19.7. The third-order valence-corrected chi connectivity index (χ3v) is 6.10. The van der Waals surface area contributed by atoms with Crippen molar-refractivity contribution in [3.05, 3.63) is 94.8 Å². The molecule has 2 heterocycles. The fraction of sp³-hybridized carbons (Fsp3) is 0.269. The van der Waals surface area contributed by atoms with E-state index in [1.54, 1.807) is 30.3 Å². The molecule has 4 rings (SSSR count). The summed E-state index contributed by atoms with van der Waals surface area (Å²) in [6.07, 6.45) is -7.14. The molecule has 1 unspecified atom stereocenters. The van der Waals surface area contributed by atoms with Gasteiger partial charge < -0.3 is 20.1 Å². The van der Waals surface area contributed by atoms with E-state index in [1.807, 2.05) is 0 Å². The lowest BCUT2D eigenvalue weighted by Gasteiger charge is -2.36. The minimum atomic E-state index is -4.74. The number of urea groups is 1. The molecule has 0 spiro atoms. The summed E-state index contributed by atoms with van der Waals surface area (Å²) in [6.45, 7) is 0.148. The van der Waals surface area contributed by atoms with Gasteiger partial charge in [-0.05, 0) is 35.4 Å². The van der Waals surface area contributed by atoms with Gasteiger partial charge in [0.2, 0.25) is 0 Å². The summed E-state index contributed by atoms with van der Waals surface area (Å²) in [5.41, 5.74) is -0.373. The van der Waals surface area contributed by atoms with Crippen LogP contribution >= 0.6 is 11.6 Å². The van der Waals surface area contributed by atoms with Gasteiger partial charge in [0.15, 0.2) is 0 Å². The van der Waals surface area contributed by atoms with Crippen LogP contribution in [-0.2, 0) is 21.5 Å². The van der Waals surface area contributed by atoms with Crippen molar-refractivity contribution < 1.29 is 36.6 Å². The van der Waals surface area contributed by atoms with Gasteiger partial charge in [-0.25, -0.2) is 9.59 Å². The van der Waals surface area contributed by atoms with Gasteiger partial charge in [0.25, 0.3) is 0 Å². The molecule has 200 valence electrons. The quantitative estimate of drug-likeness (QED) is 0.286. The Kier molecular flexibility index (Phi) is 8.05. The summed E-state index contributed by atoms with van der Waals surface area (Å²) in [5, 5.41) is 5.70. The average molecular weight is 552 g/mol. The van der Waals surface area contributed by atoms with E-state index in [1.165, 1.54) is 30.5 Å². The Balaban J connectivity index is 1.82. The lowest BCUT2D eigenvalue weighted by molar-refractivity contribution is -0.253. The molecule has 7 nitrogen and oxygen atoms in total. The number of esters is 1. The highest BCUT2D eigenvalue weighted by molar-refractivity contribution is 6.30. The molecule has 2 N–H and O–H groups in total. The largest absolute Gasteiger partial charge is 0.464 e. The van der Waals surface area contributed by atoms with Gasteiger partial charge in [-0.1, -0.05) is 54.1 Å². The van der Waals surface area contributed by atoms with E-state index in [9.17, 15) is 27.2 Å². The lowest BCUT2D eigenvalue weighted by atomic mass is 9.80. The van der Waals surface area contributed by atoms with Gasteiger partial charge in [-0.2, -0.15) is 17.6 Å². The van der Waals surface area contributed by atoms with E-state index in [4.69, 9.17) is 16.3 Å². The Morgan fingerprint density at radius 1 is 1.13 bits per heavy atom. The lowest BCUT2D eigenvalue weighted by Crippen LogP contribution is -2.55. The molecule has 0 saturated carbocycles. The molecule has 38 heavy (non-hydrogen) atoms. The number of hydrogen-bond donors (Lipinski definition) is 2. The molecule has 3 aromatic rings. The van der Waals surface area contributed by atoms with Crippen LogP contribution in [0.25, 0.3) is 0 Å². The molecule has 1 fully saturated rings. The van der Waals surface area contributed by atoms with Crippen molar-refractivity contribution in [1.29, 1.82) is 0 Å². The van der Waals surface area contributed by atoms with Gasteiger partial charge >= 0.3 is 24.5 Å². The van der Waals surface area contributed by atoms with E-state index >= 15 is 0 Å². The van der Waals surface area contributed by atoms with E-state index in [2.05, 4.69) is 20.4 Å². The maximum absolute atomic E-state index is 13.7. The minimum absolute atomic E-state index is 0.0553. The molecule has 1 aliphatic heterocycles. The zero-order valence-corrected chi connectivity index (χ0v) is 20.4. The molecule has 1 aromatic heterocycles. The predicted octanol–water partition coefficient (Wildman–Crippen LogP) is 5.07. The number of benzene rings is 2. The van der Waals surface area contributed by atoms with Crippen LogP contribution in [0.3, 0.4) is 0 Å². The first-order valence-corrected chi connectivity index (χ1v) is 11.8. The molecule has 0 bridgehead atoms. The van der Waals surface area contributed by atoms with Crippen molar-refractivity contribution in [1.82, 2.24) is 15.6 Å². The number of carbonyl (C=O) groups is 2. The topological polar surface area (TPSA) is 89.5 Å². The van der Waals surface area contributed by atoms with Crippen LogP contribution in [0.1, 0.15) is 23.2 Å². The number of nitrogens with one attached hydrogen (secondary N) is 2. The number of nitrogens with zero attached hydrogens (tertiary/aromatic N) is 1. The van der Waals surface area contributed by atoms with E-state index < -0.39 is 41.9 Å². The molecule has 2 amide bonds. The number of ether oxygens (including phenoxy) is 2. The van der Waals surface area contributed by atoms with Crippen molar-refractivity contribution in [2.45, 2.75) is 37.0 Å². The van der Waals surface area contributed by atoms with Crippen LogP contribution in [0.5, 0.6) is 5.75 Å². The first-order chi connectivity index (χ1) is 18.1. The Morgan fingerprint density at radius 3 is 2.53 bits per heavy atom. The van der Waals surface area contributed by atoms with Crippen LogP contribution in [0.2, 0.25) is 5.02 Å². The number of carbonyl (C=O) groups excluding carboxylic acids is 2. The summed E-state index contributed by atoms with van der Waals surface area (Å²) >= 11 is 6.04. The van der Waals surface area contributed by atoms with Crippen molar-refractivity contribution >= 4 is 23.6 Å². The number of amides is 2. The van der Waals surface area contributed by atoms with Crippen molar-refractivity contribution in [2.24, 2.45) is 0 Å². The monoisotopic (exact) mass is 551 g/mol. The van der Waals surface area contributed by atoms with Crippen molar-refractivity contribution in [3.8, 4) is 5.75 Å². The minimum Gasteiger partial charge on any atom is -0.464 e. The standard InChI is InChI=1S/C26H22ClF4N3O4/c27-18-9-10-21(32-15-18)25(14-16-5-2-1-3-6-16,34-24(36)33-20-11-12-37-22(20)35)17-7-4-8-19(13-17)38-26(30,31)23(28)29/h1-10,13,15,20,23H,11-12,14H2,(H2,33,34,36)/t20?,25-/m0/s1. The number of aromatic nitrogens is 1. The first kappa shape index (κ1) is 27.2. The predicted molar refractivity (Wildman–Crippen MR) is 129 cm³/mol. The Labute approximate surface area is 220 Å². The highest BCUT2D eigenvalue weighted by Gasteiger charge is 2.45.